The Morgan fingerprint density at radius 3 is 2.26 bits per heavy atom. The van der Waals surface area contributed by atoms with Gasteiger partial charge in [-0.25, -0.2) is 12.8 Å². The topological polar surface area (TPSA) is 86.8 Å². The number of sulfonamides is 1. The maximum Gasteiger partial charge on any atom is 0.242 e. The first-order chi connectivity index (χ1) is 16.0. The third kappa shape index (κ3) is 8.29. The van der Waals surface area contributed by atoms with Crippen LogP contribution in [0.3, 0.4) is 0 Å². The van der Waals surface area contributed by atoms with Gasteiger partial charge in [0.1, 0.15) is 11.9 Å². The van der Waals surface area contributed by atoms with Crippen LogP contribution >= 0.6 is 11.6 Å². The van der Waals surface area contributed by atoms with Gasteiger partial charge in [-0.3, -0.25) is 13.9 Å². The minimum Gasteiger partial charge on any atom is -0.354 e. The van der Waals surface area contributed by atoms with Crippen molar-refractivity contribution in [1.29, 1.82) is 0 Å². The molecule has 2 aromatic carbocycles. The molecule has 0 saturated carbocycles. The highest BCUT2D eigenvalue weighted by Crippen LogP contribution is 2.20. The van der Waals surface area contributed by atoms with Crippen LogP contribution in [-0.4, -0.2) is 50.5 Å². The zero-order valence-electron chi connectivity index (χ0n) is 19.6. The van der Waals surface area contributed by atoms with Crippen molar-refractivity contribution in [2.75, 3.05) is 23.7 Å². The number of amides is 2. The second kappa shape index (κ2) is 12.7. The normalized spacial score (nSPS) is 12.1. The van der Waals surface area contributed by atoms with Crippen molar-refractivity contribution in [2.45, 2.75) is 45.7 Å². The number of hydrogen-bond acceptors (Lipinski definition) is 4. The molecule has 0 fully saturated rings. The minimum absolute atomic E-state index is 0.0339. The number of halogens is 2. The molecule has 0 heterocycles. The summed E-state index contributed by atoms with van der Waals surface area (Å²) in [7, 11) is -3.63. The Balaban J connectivity index is 2.13. The SMILES string of the molecule is CCCNC(=O)[C@@H](C)N(Cc1ccc(Cl)cc1)C(=O)CCCN(c1ccc(F)cc1)S(C)(=O)=O. The van der Waals surface area contributed by atoms with Crippen LogP contribution in [0.15, 0.2) is 48.5 Å². The average molecular weight is 512 g/mol. The van der Waals surface area contributed by atoms with E-state index in [0.717, 1.165) is 22.5 Å². The van der Waals surface area contributed by atoms with Gasteiger partial charge in [0, 0.05) is 31.1 Å². The molecule has 2 rings (SSSR count). The Morgan fingerprint density at radius 1 is 1.09 bits per heavy atom. The van der Waals surface area contributed by atoms with Crippen molar-refractivity contribution in [2.24, 2.45) is 0 Å². The summed E-state index contributed by atoms with van der Waals surface area (Å²) in [4.78, 5) is 27.2. The number of benzene rings is 2. The smallest absolute Gasteiger partial charge is 0.242 e. The lowest BCUT2D eigenvalue weighted by Gasteiger charge is -2.29. The standard InChI is InChI=1S/C24H31ClFN3O4S/c1-4-15-27-24(31)18(2)28(17-19-7-9-20(25)10-8-19)23(30)6-5-16-29(34(3,32)33)22-13-11-21(26)12-14-22/h7-14,18H,4-6,15-17H2,1-3H3,(H,27,31)/t18-/m1/s1. The summed E-state index contributed by atoms with van der Waals surface area (Å²) in [6, 6.07) is 11.4. The molecular formula is C24H31ClFN3O4S. The first kappa shape index (κ1) is 27.6. The highest BCUT2D eigenvalue weighted by atomic mass is 35.5. The van der Waals surface area contributed by atoms with E-state index in [1.807, 2.05) is 6.92 Å². The number of nitrogens with one attached hydrogen (secondary N) is 1. The molecule has 1 atom stereocenters. The summed E-state index contributed by atoms with van der Waals surface area (Å²) in [5.74, 6) is -1.00. The van der Waals surface area contributed by atoms with Gasteiger partial charge in [0.15, 0.2) is 0 Å². The van der Waals surface area contributed by atoms with Crippen LogP contribution in [0.25, 0.3) is 0 Å². The first-order valence-corrected chi connectivity index (χ1v) is 13.3. The molecule has 0 bridgehead atoms. The largest absolute Gasteiger partial charge is 0.354 e. The van der Waals surface area contributed by atoms with Gasteiger partial charge in [0.25, 0.3) is 0 Å². The molecule has 7 nitrogen and oxygen atoms in total. The van der Waals surface area contributed by atoms with E-state index in [4.69, 9.17) is 11.6 Å². The second-order valence-corrected chi connectivity index (χ2v) is 10.4. The zero-order valence-corrected chi connectivity index (χ0v) is 21.2. The quantitative estimate of drug-likeness (QED) is 0.467. The van der Waals surface area contributed by atoms with Crippen LogP contribution in [0.1, 0.15) is 38.7 Å². The molecule has 10 heteroatoms. The zero-order chi connectivity index (χ0) is 25.3. The van der Waals surface area contributed by atoms with Crippen molar-refractivity contribution in [3.63, 3.8) is 0 Å². The van der Waals surface area contributed by atoms with Crippen molar-refractivity contribution >= 4 is 39.1 Å². The Bertz CT molecular complexity index is 1060. The van der Waals surface area contributed by atoms with E-state index < -0.39 is 21.9 Å². The van der Waals surface area contributed by atoms with E-state index in [1.165, 1.54) is 29.2 Å². The van der Waals surface area contributed by atoms with E-state index in [2.05, 4.69) is 5.32 Å². The number of nitrogens with zero attached hydrogens (tertiary/aromatic N) is 2. The van der Waals surface area contributed by atoms with E-state index in [0.29, 0.717) is 17.3 Å². The fourth-order valence-electron chi connectivity index (χ4n) is 3.38. The molecule has 2 amide bonds. The Morgan fingerprint density at radius 2 is 1.71 bits per heavy atom. The lowest BCUT2D eigenvalue weighted by atomic mass is 10.1. The highest BCUT2D eigenvalue weighted by Gasteiger charge is 2.26. The van der Waals surface area contributed by atoms with Gasteiger partial charge in [-0.1, -0.05) is 30.7 Å². The van der Waals surface area contributed by atoms with Crippen molar-refractivity contribution in [1.82, 2.24) is 10.2 Å². The summed E-state index contributed by atoms with van der Waals surface area (Å²) in [6.45, 7) is 4.37. The Kier molecular flexibility index (Phi) is 10.3. The molecule has 186 valence electrons. The number of carbonyl (C=O) groups excluding carboxylic acids is 2. The van der Waals surface area contributed by atoms with E-state index in [9.17, 15) is 22.4 Å². The fourth-order valence-corrected chi connectivity index (χ4v) is 4.47. The lowest BCUT2D eigenvalue weighted by Crippen LogP contribution is -2.47. The molecule has 0 aromatic heterocycles. The van der Waals surface area contributed by atoms with Crippen LogP contribution in [0.5, 0.6) is 0 Å². The van der Waals surface area contributed by atoms with Crippen molar-refractivity contribution in [3.05, 3.63) is 64.9 Å². The second-order valence-electron chi connectivity index (χ2n) is 8.03. The van der Waals surface area contributed by atoms with E-state index in [-0.39, 0.29) is 37.7 Å². The Labute approximate surface area is 205 Å². The summed E-state index contributed by atoms with van der Waals surface area (Å²) in [6.07, 6.45) is 2.09. The van der Waals surface area contributed by atoms with Crippen LogP contribution < -0.4 is 9.62 Å². The van der Waals surface area contributed by atoms with Crippen LogP contribution in [0, 0.1) is 5.82 Å². The summed E-state index contributed by atoms with van der Waals surface area (Å²) in [5, 5.41) is 3.38. The van der Waals surface area contributed by atoms with Crippen molar-refractivity contribution < 1.29 is 22.4 Å². The fraction of sp³-hybridized carbons (Fsp3) is 0.417. The van der Waals surface area contributed by atoms with E-state index in [1.54, 1.807) is 31.2 Å². The van der Waals surface area contributed by atoms with Crippen LogP contribution in [-0.2, 0) is 26.2 Å². The predicted molar refractivity (Wildman–Crippen MR) is 133 cm³/mol. The molecular weight excluding hydrogens is 481 g/mol. The predicted octanol–water partition coefficient (Wildman–Crippen LogP) is 3.97. The lowest BCUT2D eigenvalue weighted by molar-refractivity contribution is -0.140. The molecule has 0 aliphatic heterocycles. The third-order valence-corrected chi connectivity index (χ3v) is 6.70. The molecule has 34 heavy (non-hydrogen) atoms. The van der Waals surface area contributed by atoms with Gasteiger partial charge in [-0.05, 0) is 61.7 Å². The van der Waals surface area contributed by atoms with Gasteiger partial charge in [-0.2, -0.15) is 0 Å². The molecule has 0 unspecified atom stereocenters. The highest BCUT2D eigenvalue weighted by molar-refractivity contribution is 7.92. The molecule has 0 radical (unpaired) electrons. The third-order valence-electron chi connectivity index (χ3n) is 5.25. The molecule has 0 aliphatic rings. The monoisotopic (exact) mass is 511 g/mol. The van der Waals surface area contributed by atoms with Crippen LogP contribution in [0.2, 0.25) is 5.02 Å². The average Bonchev–Trinajstić information content (AvgIpc) is 2.79. The summed E-state index contributed by atoms with van der Waals surface area (Å²) in [5.41, 5.74) is 1.14. The molecule has 2 aromatic rings. The maximum absolute atomic E-state index is 13.3. The van der Waals surface area contributed by atoms with Gasteiger partial charge < -0.3 is 10.2 Å². The maximum atomic E-state index is 13.3. The number of carbonyl (C=O) groups is 2. The number of anilines is 1. The molecule has 0 spiro atoms. The molecule has 1 N–H and O–H groups in total. The first-order valence-electron chi connectivity index (χ1n) is 11.1. The molecule has 0 saturated heterocycles. The van der Waals surface area contributed by atoms with Gasteiger partial charge in [0.05, 0.1) is 11.9 Å². The van der Waals surface area contributed by atoms with Crippen LogP contribution in [0.4, 0.5) is 10.1 Å². The number of rotatable bonds is 12. The summed E-state index contributed by atoms with van der Waals surface area (Å²) < 4.78 is 38.9. The van der Waals surface area contributed by atoms with Crippen molar-refractivity contribution in [3.8, 4) is 0 Å². The number of hydrogen-bond donors (Lipinski definition) is 1. The Hall–Kier alpha value is -2.65. The van der Waals surface area contributed by atoms with Gasteiger partial charge in [0.2, 0.25) is 21.8 Å². The minimum atomic E-state index is -3.63. The van der Waals surface area contributed by atoms with Gasteiger partial charge in [-0.15, -0.1) is 0 Å². The summed E-state index contributed by atoms with van der Waals surface area (Å²) >= 11 is 5.96. The van der Waals surface area contributed by atoms with E-state index >= 15 is 0 Å². The molecule has 0 aliphatic carbocycles. The van der Waals surface area contributed by atoms with Gasteiger partial charge >= 0.3 is 0 Å².